The van der Waals surface area contributed by atoms with Crippen molar-refractivity contribution in [1.82, 2.24) is 11.0 Å². The Morgan fingerprint density at radius 1 is 0.848 bits per heavy atom. The lowest BCUT2D eigenvalue weighted by Crippen LogP contribution is -2.34. The summed E-state index contributed by atoms with van der Waals surface area (Å²) in [6.45, 7) is 0.384. The van der Waals surface area contributed by atoms with Crippen LogP contribution in [0.5, 0.6) is 11.5 Å². The molecule has 13 heteroatoms. The van der Waals surface area contributed by atoms with Gasteiger partial charge in [0.1, 0.15) is 0 Å². The van der Waals surface area contributed by atoms with Crippen LogP contribution in [0.25, 0.3) is 0 Å². The quantitative estimate of drug-likeness (QED) is 0.205. The number of phenolic OH excluding ortho intramolecular Hbond substituents is 2. The highest BCUT2D eigenvalue weighted by atomic mass is 35.5. The number of hydroxylamine groups is 2. The maximum absolute atomic E-state index is 14.1. The highest BCUT2D eigenvalue weighted by Crippen LogP contribution is 2.47. The molecule has 0 atom stereocenters. The van der Waals surface area contributed by atoms with E-state index in [1.807, 2.05) is 11.0 Å². The van der Waals surface area contributed by atoms with Crippen molar-refractivity contribution in [2.24, 2.45) is 0 Å². The van der Waals surface area contributed by atoms with E-state index in [1.165, 1.54) is 30.0 Å². The molecule has 0 aliphatic heterocycles. The van der Waals surface area contributed by atoms with Crippen LogP contribution < -0.4 is 20.8 Å². The molecule has 0 amide bonds. The first-order valence-corrected chi connectivity index (χ1v) is 10.0. The highest BCUT2D eigenvalue weighted by molar-refractivity contribution is 6.39. The summed E-state index contributed by atoms with van der Waals surface area (Å²) in [6, 6.07) is 1.38. The summed E-state index contributed by atoms with van der Waals surface area (Å²) in [5.74, 6) is -8.63. The summed E-state index contributed by atoms with van der Waals surface area (Å²) in [6.07, 6.45) is 0. The maximum atomic E-state index is 14.1. The predicted octanol–water partition coefficient (Wildman–Crippen LogP) is 1.63. The van der Waals surface area contributed by atoms with E-state index in [1.54, 1.807) is 0 Å². The van der Waals surface area contributed by atoms with Crippen molar-refractivity contribution < 1.29 is 39.0 Å². The number of nitrogens with one attached hydrogen (secondary N) is 2. The summed E-state index contributed by atoms with van der Waals surface area (Å²) in [5, 5.41) is 38.2. The third-order valence-electron chi connectivity index (χ3n) is 5.38. The van der Waals surface area contributed by atoms with Crippen LogP contribution >= 0.6 is 11.6 Å². The summed E-state index contributed by atoms with van der Waals surface area (Å²) in [5.41, 5.74) is 1.77. The van der Waals surface area contributed by atoms with Gasteiger partial charge >= 0.3 is 0 Å². The van der Waals surface area contributed by atoms with Crippen molar-refractivity contribution >= 4 is 34.5 Å². The minimum absolute atomic E-state index is 0.0175. The first kappa shape index (κ1) is 24.6. The minimum atomic E-state index is -1.87. The number of fused-ring (bicyclic) bond motifs is 2. The normalized spacial score (nSPS) is 12.6. The molecule has 1 aliphatic carbocycles. The molecule has 0 spiro atoms. The maximum Gasteiger partial charge on any atom is 0.205 e. The number of hydrogen-bond acceptors (Lipinski definition) is 10. The number of carbonyl (C=O) groups excluding carboxylic acids is 2. The van der Waals surface area contributed by atoms with E-state index in [4.69, 9.17) is 22.0 Å². The summed E-state index contributed by atoms with van der Waals surface area (Å²) >= 11 is 6.46. The number of ketones is 2. The standard InChI is InChI=1S/C20H21ClF2N4O6/c1-26(5-3-24-32)9-7-8(21)16(27(2)6-4-25-33)11-10(9)17(28)12-13(18(11)29)20(31)15(23)14(22)19(12)30/h7,24-25,30-33H,3-6H2,1-2H3. The van der Waals surface area contributed by atoms with Crippen molar-refractivity contribution in [3.63, 3.8) is 0 Å². The zero-order valence-electron chi connectivity index (χ0n) is 17.5. The molecule has 178 valence electrons. The Morgan fingerprint density at radius 2 is 1.30 bits per heavy atom. The lowest BCUT2D eigenvalue weighted by atomic mass is 9.80. The molecule has 0 saturated carbocycles. The number of rotatable bonds is 8. The summed E-state index contributed by atoms with van der Waals surface area (Å²) in [4.78, 5) is 29.9. The lowest BCUT2D eigenvalue weighted by molar-refractivity contribution is 0.0972. The first-order chi connectivity index (χ1) is 15.6. The van der Waals surface area contributed by atoms with E-state index in [2.05, 4.69) is 0 Å². The molecule has 0 radical (unpaired) electrons. The van der Waals surface area contributed by atoms with Gasteiger partial charge in [0, 0.05) is 40.3 Å². The Morgan fingerprint density at radius 3 is 1.79 bits per heavy atom. The number of likely N-dealkylation sites (N-methyl/N-ethyl adjacent to an activating group) is 2. The first-order valence-electron chi connectivity index (χ1n) is 9.63. The molecule has 0 fully saturated rings. The average molecular weight is 487 g/mol. The zero-order valence-corrected chi connectivity index (χ0v) is 18.3. The molecule has 3 rings (SSSR count). The van der Waals surface area contributed by atoms with Crippen molar-refractivity contribution in [3.8, 4) is 11.5 Å². The molecule has 10 nitrogen and oxygen atoms in total. The van der Waals surface area contributed by atoms with Gasteiger partial charge in [-0.2, -0.15) is 8.78 Å². The number of carbonyl (C=O) groups is 2. The molecule has 2 aromatic carbocycles. The molecule has 0 unspecified atom stereocenters. The molecule has 6 N–H and O–H groups in total. The second-order valence-electron chi connectivity index (χ2n) is 7.37. The van der Waals surface area contributed by atoms with E-state index in [9.17, 15) is 28.6 Å². The van der Waals surface area contributed by atoms with Crippen LogP contribution in [0.4, 0.5) is 20.2 Å². The predicted molar refractivity (Wildman–Crippen MR) is 114 cm³/mol. The van der Waals surface area contributed by atoms with Gasteiger partial charge in [-0.05, 0) is 6.07 Å². The number of anilines is 2. The lowest BCUT2D eigenvalue weighted by Gasteiger charge is -2.32. The fourth-order valence-electron chi connectivity index (χ4n) is 3.78. The highest BCUT2D eigenvalue weighted by Gasteiger charge is 2.42. The van der Waals surface area contributed by atoms with Crippen LogP contribution in [0, 0.1) is 11.6 Å². The van der Waals surface area contributed by atoms with Gasteiger partial charge in [0.15, 0.2) is 11.5 Å². The Hall–Kier alpha value is -3.03. The molecule has 0 saturated heterocycles. The van der Waals surface area contributed by atoms with Gasteiger partial charge in [0.25, 0.3) is 0 Å². The van der Waals surface area contributed by atoms with Gasteiger partial charge in [-0.1, -0.05) is 11.6 Å². The van der Waals surface area contributed by atoms with Crippen molar-refractivity contribution in [3.05, 3.63) is 45.0 Å². The van der Waals surface area contributed by atoms with Crippen LogP contribution in [0.15, 0.2) is 6.07 Å². The van der Waals surface area contributed by atoms with Gasteiger partial charge in [0.2, 0.25) is 23.2 Å². The molecule has 0 aromatic heterocycles. The summed E-state index contributed by atoms with van der Waals surface area (Å²) < 4.78 is 28.3. The number of nitrogens with zero attached hydrogens (tertiary/aromatic N) is 2. The topological polar surface area (TPSA) is 146 Å². The van der Waals surface area contributed by atoms with Crippen molar-refractivity contribution in [2.45, 2.75) is 0 Å². The zero-order chi connectivity index (χ0) is 24.6. The largest absolute Gasteiger partial charge is 0.504 e. The number of benzene rings is 2. The van der Waals surface area contributed by atoms with E-state index in [0.29, 0.717) is 0 Å². The molecule has 2 aromatic rings. The van der Waals surface area contributed by atoms with E-state index >= 15 is 0 Å². The third kappa shape index (κ3) is 3.96. The van der Waals surface area contributed by atoms with Gasteiger partial charge in [-0.15, -0.1) is 0 Å². The van der Waals surface area contributed by atoms with Gasteiger partial charge < -0.3 is 30.4 Å². The smallest absolute Gasteiger partial charge is 0.205 e. The Bertz CT molecular complexity index is 1150. The van der Waals surface area contributed by atoms with Crippen molar-refractivity contribution in [1.29, 1.82) is 0 Å². The number of halogens is 3. The van der Waals surface area contributed by atoms with E-state index in [-0.39, 0.29) is 53.7 Å². The Balaban J connectivity index is 2.38. The Kier molecular flexibility index (Phi) is 7.05. The molecule has 33 heavy (non-hydrogen) atoms. The van der Waals surface area contributed by atoms with Crippen LogP contribution in [0.1, 0.15) is 31.8 Å². The molecular weight excluding hydrogens is 466 g/mol. The molecule has 0 heterocycles. The fraction of sp³-hybridized carbons (Fsp3) is 0.300. The average Bonchev–Trinajstić information content (AvgIpc) is 2.79. The number of phenols is 2. The SMILES string of the molecule is CN(CCNO)c1cc(Cl)c(N(C)CCNO)c2c1C(=O)c1c(O)c(F)c(F)c(O)c1C2=O. The molecular formula is C20H21ClF2N4O6. The monoisotopic (exact) mass is 486 g/mol. The van der Waals surface area contributed by atoms with Crippen molar-refractivity contribution in [2.75, 3.05) is 50.1 Å². The number of aromatic hydroxyl groups is 2. The second kappa shape index (κ2) is 9.45. The number of hydrogen-bond donors (Lipinski definition) is 6. The molecule has 0 bridgehead atoms. The Labute approximate surface area is 191 Å². The van der Waals surface area contributed by atoms with Crippen LogP contribution in [-0.4, -0.2) is 72.5 Å². The van der Waals surface area contributed by atoms with Gasteiger partial charge in [0.05, 0.1) is 38.7 Å². The van der Waals surface area contributed by atoms with Gasteiger partial charge in [-0.25, -0.2) is 11.0 Å². The summed E-state index contributed by atoms with van der Waals surface area (Å²) in [7, 11) is 3.06. The van der Waals surface area contributed by atoms with Gasteiger partial charge in [-0.3, -0.25) is 9.59 Å². The third-order valence-corrected chi connectivity index (χ3v) is 5.67. The van der Waals surface area contributed by atoms with Crippen LogP contribution in [0.3, 0.4) is 0 Å². The van der Waals surface area contributed by atoms with Crippen LogP contribution in [-0.2, 0) is 0 Å². The van der Waals surface area contributed by atoms with E-state index in [0.717, 1.165) is 0 Å². The fourth-order valence-corrected chi connectivity index (χ4v) is 4.12. The molecule has 1 aliphatic rings. The van der Waals surface area contributed by atoms with E-state index < -0.39 is 45.8 Å². The minimum Gasteiger partial charge on any atom is -0.504 e. The second-order valence-corrected chi connectivity index (χ2v) is 7.78. The van der Waals surface area contributed by atoms with Crippen LogP contribution in [0.2, 0.25) is 5.02 Å².